The van der Waals surface area contributed by atoms with E-state index in [1.54, 1.807) is 0 Å². The molecule has 0 aliphatic carbocycles. The van der Waals surface area contributed by atoms with E-state index in [0.717, 1.165) is 0 Å². The van der Waals surface area contributed by atoms with Crippen LogP contribution in [0.4, 0.5) is 10.1 Å². The number of carbonyl (C=O) groups excluding carboxylic acids is 1. The third-order valence-electron chi connectivity index (χ3n) is 2.46. The molecule has 1 amide bonds. The van der Waals surface area contributed by atoms with Crippen LogP contribution in [0.15, 0.2) is 18.2 Å². The van der Waals surface area contributed by atoms with Crippen molar-refractivity contribution in [3.8, 4) is 0 Å². The lowest BCUT2D eigenvalue weighted by molar-refractivity contribution is -0.207. The summed E-state index contributed by atoms with van der Waals surface area (Å²) in [4.78, 5) is 11.6. The van der Waals surface area contributed by atoms with Crippen LogP contribution in [-0.4, -0.2) is 20.1 Å². The summed E-state index contributed by atoms with van der Waals surface area (Å²) in [6.45, 7) is 0. The molecule has 4 nitrogen and oxygen atoms in total. The standard InChI is InChI=1S/C10H10FNO3/c1-14-10(15-2)7-4-3-6(11)5-8(7)12-9(10)13/h3-5H,1-2H3,(H,12,13). The van der Waals surface area contributed by atoms with Gasteiger partial charge in [0.15, 0.2) is 0 Å². The van der Waals surface area contributed by atoms with E-state index in [4.69, 9.17) is 9.47 Å². The molecule has 80 valence electrons. The van der Waals surface area contributed by atoms with Gasteiger partial charge in [0, 0.05) is 19.8 Å². The van der Waals surface area contributed by atoms with Crippen LogP contribution in [0.5, 0.6) is 0 Å². The summed E-state index contributed by atoms with van der Waals surface area (Å²) in [5.41, 5.74) is 0.864. The number of ether oxygens (including phenoxy) is 2. The largest absolute Gasteiger partial charge is 0.342 e. The molecule has 1 aliphatic heterocycles. The van der Waals surface area contributed by atoms with Gasteiger partial charge in [0.2, 0.25) is 0 Å². The maximum atomic E-state index is 12.9. The lowest BCUT2D eigenvalue weighted by atomic mass is 10.1. The van der Waals surface area contributed by atoms with E-state index in [1.807, 2.05) is 0 Å². The van der Waals surface area contributed by atoms with Crippen LogP contribution in [0, 0.1) is 5.82 Å². The number of anilines is 1. The van der Waals surface area contributed by atoms with Crippen molar-refractivity contribution in [1.82, 2.24) is 0 Å². The van der Waals surface area contributed by atoms with Gasteiger partial charge >= 0.3 is 0 Å². The average Bonchev–Trinajstić information content (AvgIpc) is 2.49. The Hall–Kier alpha value is -1.46. The van der Waals surface area contributed by atoms with Gasteiger partial charge in [-0.05, 0) is 18.2 Å². The monoisotopic (exact) mass is 211 g/mol. The van der Waals surface area contributed by atoms with Crippen molar-refractivity contribution in [2.24, 2.45) is 0 Å². The van der Waals surface area contributed by atoms with Crippen LogP contribution >= 0.6 is 0 Å². The van der Waals surface area contributed by atoms with E-state index in [-0.39, 0.29) is 0 Å². The van der Waals surface area contributed by atoms with Crippen molar-refractivity contribution in [2.75, 3.05) is 19.5 Å². The van der Waals surface area contributed by atoms with E-state index < -0.39 is 17.5 Å². The van der Waals surface area contributed by atoms with Crippen LogP contribution in [0.1, 0.15) is 5.56 Å². The van der Waals surface area contributed by atoms with Gasteiger partial charge in [-0.2, -0.15) is 0 Å². The van der Waals surface area contributed by atoms with Crippen molar-refractivity contribution >= 4 is 11.6 Å². The molecule has 0 aromatic heterocycles. The number of nitrogens with one attached hydrogen (secondary N) is 1. The highest BCUT2D eigenvalue weighted by Crippen LogP contribution is 2.39. The Morgan fingerprint density at radius 1 is 1.33 bits per heavy atom. The molecule has 5 heteroatoms. The first-order chi connectivity index (χ1) is 7.14. The zero-order chi connectivity index (χ0) is 11.1. The maximum Gasteiger partial charge on any atom is 0.289 e. The number of fused-ring (bicyclic) bond motifs is 1. The van der Waals surface area contributed by atoms with Crippen LogP contribution in [0.3, 0.4) is 0 Å². The highest BCUT2D eigenvalue weighted by Gasteiger charge is 2.48. The van der Waals surface area contributed by atoms with Crippen LogP contribution < -0.4 is 5.32 Å². The van der Waals surface area contributed by atoms with Gasteiger partial charge in [0.25, 0.3) is 11.7 Å². The second-order valence-electron chi connectivity index (χ2n) is 3.17. The van der Waals surface area contributed by atoms with Gasteiger partial charge in [-0.25, -0.2) is 4.39 Å². The number of methoxy groups -OCH3 is 2. The quantitative estimate of drug-likeness (QED) is 0.748. The molecule has 2 rings (SSSR count). The zero-order valence-electron chi connectivity index (χ0n) is 8.33. The van der Waals surface area contributed by atoms with E-state index in [9.17, 15) is 9.18 Å². The first-order valence-electron chi connectivity index (χ1n) is 4.36. The number of carbonyl (C=O) groups is 1. The third-order valence-corrected chi connectivity index (χ3v) is 2.46. The minimum atomic E-state index is -1.46. The van der Waals surface area contributed by atoms with Crippen molar-refractivity contribution in [2.45, 2.75) is 5.79 Å². The number of halogens is 1. The molecule has 0 fully saturated rings. The topological polar surface area (TPSA) is 47.6 Å². The molecular weight excluding hydrogens is 201 g/mol. The van der Waals surface area contributed by atoms with Crippen molar-refractivity contribution in [3.63, 3.8) is 0 Å². The van der Waals surface area contributed by atoms with Crippen molar-refractivity contribution in [1.29, 1.82) is 0 Å². The molecule has 0 saturated carbocycles. The predicted molar refractivity (Wildman–Crippen MR) is 50.7 cm³/mol. The summed E-state index contributed by atoms with van der Waals surface area (Å²) in [6.07, 6.45) is 0. The number of amides is 1. The van der Waals surface area contributed by atoms with E-state index in [1.165, 1.54) is 32.4 Å². The summed E-state index contributed by atoms with van der Waals surface area (Å²) < 4.78 is 23.1. The number of rotatable bonds is 2. The van der Waals surface area contributed by atoms with Gasteiger partial charge < -0.3 is 14.8 Å². The van der Waals surface area contributed by atoms with Gasteiger partial charge in [-0.1, -0.05) is 0 Å². The van der Waals surface area contributed by atoms with Crippen LogP contribution in [0.25, 0.3) is 0 Å². The van der Waals surface area contributed by atoms with Crippen LogP contribution in [-0.2, 0) is 20.1 Å². The molecule has 1 heterocycles. The molecule has 0 spiro atoms. The third kappa shape index (κ3) is 1.24. The van der Waals surface area contributed by atoms with Crippen molar-refractivity contribution < 1.29 is 18.7 Å². The van der Waals surface area contributed by atoms with E-state index in [0.29, 0.717) is 11.3 Å². The highest BCUT2D eigenvalue weighted by molar-refractivity contribution is 6.04. The van der Waals surface area contributed by atoms with Gasteiger partial charge in [-0.3, -0.25) is 4.79 Å². The molecule has 1 N–H and O–H groups in total. The second-order valence-corrected chi connectivity index (χ2v) is 3.17. The van der Waals surface area contributed by atoms with E-state index in [2.05, 4.69) is 5.32 Å². The first kappa shape index (κ1) is 10.1. The summed E-state index contributed by atoms with van der Waals surface area (Å²) in [6, 6.07) is 3.95. The summed E-state index contributed by atoms with van der Waals surface area (Å²) in [5.74, 6) is -2.33. The minimum absolute atomic E-state index is 0.378. The lowest BCUT2D eigenvalue weighted by Crippen LogP contribution is -2.38. The number of hydrogen-bond donors (Lipinski definition) is 1. The molecule has 15 heavy (non-hydrogen) atoms. The van der Waals surface area contributed by atoms with E-state index >= 15 is 0 Å². The zero-order valence-corrected chi connectivity index (χ0v) is 8.33. The molecule has 0 unspecified atom stereocenters. The fourth-order valence-electron chi connectivity index (χ4n) is 1.72. The van der Waals surface area contributed by atoms with Gasteiger partial charge in [-0.15, -0.1) is 0 Å². The molecule has 0 saturated heterocycles. The second kappa shape index (κ2) is 3.29. The Labute approximate surface area is 86.0 Å². The summed E-state index contributed by atoms with van der Waals surface area (Å²) >= 11 is 0. The smallest absolute Gasteiger partial charge is 0.289 e. The number of benzene rings is 1. The Bertz CT molecular complexity index is 415. The van der Waals surface area contributed by atoms with Crippen LogP contribution in [0.2, 0.25) is 0 Å². The van der Waals surface area contributed by atoms with Gasteiger partial charge in [0.1, 0.15) is 5.82 Å². The molecular formula is C10H10FNO3. The fourth-order valence-corrected chi connectivity index (χ4v) is 1.72. The first-order valence-corrected chi connectivity index (χ1v) is 4.36. The van der Waals surface area contributed by atoms with Crippen molar-refractivity contribution in [3.05, 3.63) is 29.6 Å². The maximum absolute atomic E-state index is 12.9. The molecule has 0 atom stereocenters. The fraction of sp³-hybridized carbons (Fsp3) is 0.300. The summed E-state index contributed by atoms with van der Waals surface area (Å²) in [5, 5.41) is 2.50. The lowest BCUT2D eigenvalue weighted by Gasteiger charge is -2.23. The molecule has 1 aromatic carbocycles. The Kier molecular flexibility index (Phi) is 2.21. The SMILES string of the molecule is COC1(OC)C(=O)Nc2cc(F)ccc21. The molecule has 1 aromatic rings. The Morgan fingerprint density at radius 2 is 2.00 bits per heavy atom. The predicted octanol–water partition coefficient (Wildman–Crippen LogP) is 1.22. The van der Waals surface area contributed by atoms with Gasteiger partial charge in [0.05, 0.1) is 5.69 Å². The molecule has 0 radical (unpaired) electrons. The Balaban J connectivity index is 2.59. The Morgan fingerprint density at radius 3 is 2.60 bits per heavy atom. The molecule has 1 aliphatic rings. The minimum Gasteiger partial charge on any atom is -0.342 e. The summed E-state index contributed by atoms with van der Waals surface area (Å²) in [7, 11) is 2.73. The average molecular weight is 211 g/mol. The normalized spacial score (nSPS) is 17.4. The molecule has 0 bridgehead atoms. The number of hydrogen-bond acceptors (Lipinski definition) is 3. The highest BCUT2D eigenvalue weighted by atomic mass is 19.1.